The summed E-state index contributed by atoms with van der Waals surface area (Å²) in [5.74, 6) is 0.0779. The normalized spacial score (nSPS) is 18.4. The Kier molecular flexibility index (Phi) is 5.25. The molecule has 5 nitrogen and oxygen atoms in total. The summed E-state index contributed by atoms with van der Waals surface area (Å²) in [6.07, 6.45) is 0.447. The monoisotopic (exact) mass is 451 g/mol. The van der Waals surface area contributed by atoms with E-state index in [4.69, 9.17) is 16.0 Å². The first-order valence-corrected chi connectivity index (χ1v) is 12.5. The number of amides is 1. The minimum atomic E-state index is -3.13. The van der Waals surface area contributed by atoms with Gasteiger partial charge >= 0.3 is 0 Å². The van der Waals surface area contributed by atoms with Gasteiger partial charge in [-0.1, -0.05) is 11.6 Å². The van der Waals surface area contributed by atoms with E-state index in [1.165, 1.54) is 0 Å². The number of fused-ring (bicyclic) bond motifs is 1. The maximum Gasteiger partial charge on any atom is 0.290 e. The second kappa shape index (κ2) is 7.45. The molecule has 1 fully saturated rings. The SMILES string of the molecule is Cc1cc2oc(C(=O)N(Cc3sccc3C)[C@@H]3CCS(=O)(=O)C3)c(C)c2cc1Cl. The van der Waals surface area contributed by atoms with Crippen molar-refractivity contribution < 1.29 is 17.6 Å². The summed E-state index contributed by atoms with van der Waals surface area (Å²) < 4.78 is 30.1. The Balaban J connectivity index is 1.76. The number of benzene rings is 1. The van der Waals surface area contributed by atoms with E-state index in [-0.39, 0.29) is 29.2 Å². The number of nitrogens with zero attached hydrogens (tertiary/aromatic N) is 1. The second-order valence-electron chi connectivity index (χ2n) is 7.67. The second-order valence-corrected chi connectivity index (χ2v) is 11.3. The van der Waals surface area contributed by atoms with Crippen molar-refractivity contribution in [1.82, 2.24) is 4.90 Å². The van der Waals surface area contributed by atoms with E-state index < -0.39 is 9.84 Å². The number of rotatable bonds is 4. The summed E-state index contributed by atoms with van der Waals surface area (Å²) in [4.78, 5) is 16.3. The number of furan rings is 1. The molecular weight excluding hydrogens is 430 g/mol. The number of hydrogen-bond donors (Lipinski definition) is 0. The molecule has 0 saturated carbocycles. The van der Waals surface area contributed by atoms with Gasteiger partial charge in [0.1, 0.15) is 5.58 Å². The zero-order valence-corrected chi connectivity index (χ0v) is 18.9. The minimum Gasteiger partial charge on any atom is -0.451 e. The average molecular weight is 452 g/mol. The molecular formula is C21H22ClNO4S2. The Morgan fingerprint density at radius 3 is 2.66 bits per heavy atom. The van der Waals surface area contributed by atoms with Crippen molar-refractivity contribution in [3.05, 3.63) is 55.9 Å². The van der Waals surface area contributed by atoms with Crippen LogP contribution in [0.15, 0.2) is 28.0 Å². The molecule has 0 bridgehead atoms. The molecule has 0 aliphatic carbocycles. The lowest BCUT2D eigenvalue weighted by atomic mass is 10.1. The van der Waals surface area contributed by atoms with Gasteiger partial charge in [0, 0.05) is 26.9 Å². The molecule has 4 rings (SSSR count). The first-order chi connectivity index (χ1) is 13.7. The van der Waals surface area contributed by atoms with Crippen LogP contribution in [-0.2, 0) is 16.4 Å². The van der Waals surface area contributed by atoms with E-state index in [0.29, 0.717) is 23.6 Å². The molecule has 0 spiro atoms. The molecule has 0 N–H and O–H groups in total. The van der Waals surface area contributed by atoms with Crippen LogP contribution in [0, 0.1) is 20.8 Å². The van der Waals surface area contributed by atoms with E-state index in [9.17, 15) is 13.2 Å². The van der Waals surface area contributed by atoms with Crippen LogP contribution in [0.5, 0.6) is 0 Å². The van der Waals surface area contributed by atoms with Gasteiger partial charge in [-0.3, -0.25) is 4.79 Å². The zero-order valence-electron chi connectivity index (χ0n) is 16.5. The first kappa shape index (κ1) is 20.4. The highest BCUT2D eigenvalue weighted by Crippen LogP contribution is 2.33. The maximum atomic E-state index is 13.5. The fourth-order valence-electron chi connectivity index (χ4n) is 3.78. The summed E-state index contributed by atoms with van der Waals surface area (Å²) >= 11 is 7.83. The Hall–Kier alpha value is -1.83. The van der Waals surface area contributed by atoms with Crippen LogP contribution in [0.2, 0.25) is 5.02 Å². The van der Waals surface area contributed by atoms with Gasteiger partial charge in [0.25, 0.3) is 5.91 Å². The van der Waals surface area contributed by atoms with Crippen molar-refractivity contribution in [3.8, 4) is 0 Å². The standard InChI is InChI=1S/C21H22ClNO4S2/c1-12-4-6-28-19(12)10-23(15-5-7-29(25,26)11-15)21(24)20-14(3)16-9-17(22)13(2)8-18(16)27-20/h4,6,8-9,15H,5,7,10-11H2,1-3H3/t15-/m1/s1. The van der Waals surface area contributed by atoms with Gasteiger partial charge in [0.2, 0.25) is 0 Å². The molecule has 0 unspecified atom stereocenters. The molecule has 2 aromatic heterocycles. The lowest BCUT2D eigenvalue weighted by Crippen LogP contribution is -2.40. The highest BCUT2D eigenvalue weighted by molar-refractivity contribution is 7.91. The number of halogens is 1. The van der Waals surface area contributed by atoms with Crippen LogP contribution in [0.4, 0.5) is 0 Å². The molecule has 1 atom stereocenters. The van der Waals surface area contributed by atoms with E-state index in [2.05, 4.69) is 0 Å². The first-order valence-electron chi connectivity index (χ1n) is 9.40. The number of carbonyl (C=O) groups is 1. The molecule has 1 aliphatic heterocycles. The molecule has 154 valence electrons. The van der Waals surface area contributed by atoms with Gasteiger partial charge in [0.15, 0.2) is 15.6 Å². The molecule has 8 heteroatoms. The Bertz CT molecular complexity index is 1210. The van der Waals surface area contributed by atoms with Crippen LogP contribution < -0.4 is 0 Å². The molecule has 0 radical (unpaired) electrons. The van der Waals surface area contributed by atoms with E-state index in [0.717, 1.165) is 27.0 Å². The molecule has 1 saturated heterocycles. The van der Waals surface area contributed by atoms with Crippen molar-refractivity contribution >= 4 is 49.7 Å². The van der Waals surface area contributed by atoms with Crippen molar-refractivity contribution in [1.29, 1.82) is 0 Å². The van der Waals surface area contributed by atoms with Crippen LogP contribution in [-0.4, -0.2) is 36.8 Å². The Morgan fingerprint density at radius 1 is 1.28 bits per heavy atom. The molecule has 29 heavy (non-hydrogen) atoms. The van der Waals surface area contributed by atoms with Gasteiger partial charge in [-0.25, -0.2) is 8.42 Å². The molecule has 3 aromatic rings. The topological polar surface area (TPSA) is 67.6 Å². The van der Waals surface area contributed by atoms with Crippen LogP contribution >= 0.6 is 22.9 Å². The van der Waals surface area contributed by atoms with Gasteiger partial charge in [-0.15, -0.1) is 11.3 Å². The van der Waals surface area contributed by atoms with Gasteiger partial charge in [-0.2, -0.15) is 0 Å². The molecule has 1 aromatic carbocycles. The third kappa shape index (κ3) is 3.83. The van der Waals surface area contributed by atoms with E-state index in [1.54, 1.807) is 16.2 Å². The van der Waals surface area contributed by atoms with Crippen LogP contribution in [0.1, 0.15) is 38.5 Å². The smallest absolute Gasteiger partial charge is 0.290 e. The fraction of sp³-hybridized carbons (Fsp3) is 0.381. The van der Waals surface area contributed by atoms with Gasteiger partial charge in [-0.05, 0) is 61.9 Å². The summed E-state index contributed by atoms with van der Waals surface area (Å²) in [7, 11) is -3.13. The highest BCUT2D eigenvalue weighted by atomic mass is 35.5. The number of carbonyl (C=O) groups excluding carboxylic acids is 1. The third-order valence-corrected chi connectivity index (χ3v) is 8.77. The van der Waals surface area contributed by atoms with Crippen LogP contribution in [0.3, 0.4) is 0 Å². The highest BCUT2D eigenvalue weighted by Gasteiger charge is 2.37. The summed E-state index contributed by atoms with van der Waals surface area (Å²) in [6, 6.07) is 5.29. The lowest BCUT2D eigenvalue weighted by Gasteiger charge is -2.27. The van der Waals surface area contributed by atoms with Crippen molar-refractivity contribution in [3.63, 3.8) is 0 Å². The van der Waals surface area contributed by atoms with Crippen LogP contribution in [0.25, 0.3) is 11.0 Å². The number of thiophene rings is 1. The van der Waals surface area contributed by atoms with Crippen molar-refractivity contribution in [2.24, 2.45) is 0 Å². The molecule has 1 amide bonds. The molecule has 1 aliphatic rings. The van der Waals surface area contributed by atoms with E-state index >= 15 is 0 Å². The van der Waals surface area contributed by atoms with Crippen molar-refractivity contribution in [2.45, 2.75) is 39.8 Å². The predicted octanol–water partition coefficient (Wildman–Crippen LogP) is 4.90. The largest absolute Gasteiger partial charge is 0.451 e. The summed E-state index contributed by atoms with van der Waals surface area (Å²) in [5.41, 5.74) is 3.30. The van der Waals surface area contributed by atoms with E-state index in [1.807, 2.05) is 44.4 Å². The minimum absolute atomic E-state index is 0.00657. The number of sulfone groups is 1. The lowest BCUT2D eigenvalue weighted by molar-refractivity contribution is 0.0651. The number of aryl methyl sites for hydroxylation is 3. The van der Waals surface area contributed by atoms with Gasteiger partial charge < -0.3 is 9.32 Å². The summed E-state index contributed by atoms with van der Waals surface area (Å²) in [6.45, 7) is 6.09. The third-order valence-electron chi connectivity index (χ3n) is 5.60. The average Bonchev–Trinajstić information content (AvgIpc) is 3.31. The van der Waals surface area contributed by atoms with Crippen molar-refractivity contribution in [2.75, 3.05) is 11.5 Å². The van der Waals surface area contributed by atoms with Gasteiger partial charge in [0.05, 0.1) is 18.1 Å². The summed E-state index contributed by atoms with van der Waals surface area (Å²) in [5, 5.41) is 3.40. The zero-order chi connectivity index (χ0) is 20.9. The molecule has 3 heterocycles. The quantitative estimate of drug-likeness (QED) is 0.565. The Labute approximate surface area is 179 Å². The number of hydrogen-bond acceptors (Lipinski definition) is 5. The Morgan fingerprint density at radius 2 is 2.03 bits per heavy atom. The predicted molar refractivity (Wildman–Crippen MR) is 117 cm³/mol. The maximum absolute atomic E-state index is 13.5. The fourth-order valence-corrected chi connectivity index (χ4v) is 6.58.